The van der Waals surface area contributed by atoms with E-state index in [1.165, 1.54) is 18.3 Å². The van der Waals surface area contributed by atoms with Gasteiger partial charge in [-0.2, -0.15) is 13.5 Å². The Kier molecular flexibility index (Phi) is 5.22. The highest BCUT2D eigenvalue weighted by atomic mass is 32.2. The van der Waals surface area contributed by atoms with Crippen LogP contribution >= 0.6 is 0 Å². The number of hydrazone groups is 1. The zero-order valence-electron chi connectivity index (χ0n) is 14.4. The maximum Gasteiger partial charge on any atom is 0.276 e. The molecule has 0 saturated heterocycles. The lowest BCUT2D eigenvalue weighted by atomic mass is 10.0. The molecule has 0 unspecified atom stereocenters. The summed E-state index contributed by atoms with van der Waals surface area (Å²) in [4.78, 5) is 12.2. The fourth-order valence-electron chi connectivity index (χ4n) is 2.56. The van der Waals surface area contributed by atoms with Crippen LogP contribution in [-0.4, -0.2) is 19.6 Å². The second-order valence-corrected chi connectivity index (χ2v) is 7.53. The van der Waals surface area contributed by atoms with Gasteiger partial charge in [-0.3, -0.25) is 10.1 Å². The third-order valence-corrected chi connectivity index (χ3v) is 5.01. The molecule has 0 heterocycles. The Hall–Kier alpha value is -2.74. The van der Waals surface area contributed by atoms with Crippen LogP contribution in [0.3, 0.4) is 0 Å². The smallest absolute Gasteiger partial charge is 0.258 e. The van der Waals surface area contributed by atoms with E-state index in [0.29, 0.717) is 5.56 Å². The van der Waals surface area contributed by atoms with E-state index in [4.69, 9.17) is 0 Å². The van der Waals surface area contributed by atoms with Crippen molar-refractivity contribution in [2.24, 2.45) is 5.10 Å². The molecule has 2 aromatic rings. The molecule has 8 heteroatoms. The topological polar surface area (TPSA) is 102 Å². The molecule has 2 aromatic carbocycles. The minimum Gasteiger partial charge on any atom is -0.258 e. The average Bonchev–Trinajstić information content (AvgIpc) is 2.49. The van der Waals surface area contributed by atoms with Crippen LogP contribution in [0.15, 0.2) is 40.3 Å². The molecule has 0 bridgehead atoms. The maximum atomic E-state index is 12.3. The molecule has 0 aliphatic rings. The number of hydrogen-bond donors (Lipinski definition) is 1. The summed E-state index contributed by atoms with van der Waals surface area (Å²) in [6, 6.07) is 7.68. The fraction of sp³-hybridized carbons (Fsp3) is 0.235. The standard InChI is InChI=1S/C17H19N3O4S/c1-11-7-13(3)16(14(4)8-11)10-18-19-25(23,24)15-6-5-12(2)17(9-15)20(21)22/h5-10,19H,1-4H3/b18-10-. The van der Waals surface area contributed by atoms with Crippen LogP contribution in [0.4, 0.5) is 5.69 Å². The highest BCUT2D eigenvalue weighted by Crippen LogP contribution is 2.22. The zero-order chi connectivity index (χ0) is 18.8. The Morgan fingerprint density at radius 1 is 1.04 bits per heavy atom. The van der Waals surface area contributed by atoms with E-state index in [-0.39, 0.29) is 10.6 Å². The Bertz CT molecular complexity index is 943. The predicted molar refractivity (Wildman–Crippen MR) is 96.4 cm³/mol. The van der Waals surface area contributed by atoms with Gasteiger partial charge in [0.25, 0.3) is 15.7 Å². The first-order chi connectivity index (χ1) is 11.6. The number of benzene rings is 2. The molecule has 0 radical (unpaired) electrons. The summed E-state index contributed by atoms with van der Waals surface area (Å²) in [5.74, 6) is 0. The van der Waals surface area contributed by atoms with Crippen LogP contribution in [0.1, 0.15) is 27.8 Å². The average molecular weight is 361 g/mol. The lowest BCUT2D eigenvalue weighted by Gasteiger charge is -2.07. The van der Waals surface area contributed by atoms with Crippen LogP contribution in [0, 0.1) is 37.8 Å². The van der Waals surface area contributed by atoms with Crippen LogP contribution < -0.4 is 4.83 Å². The van der Waals surface area contributed by atoms with E-state index in [2.05, 4.69) is 9.93 Å². The fourth-order valence-corrected chi connectivity index (χ4v) is 3.37. The highest BCUT2D eigenvalue weighted by Gasteiger charge is 2.19. The highest BCUT2D eigenvalue weighted by molar-refractivity contribution is 7.89. The van der Waals surface area contributed by atoms with Gasteiger partial charge < -0.3 is 0 Å². The third-order valence-electron chi connectivity index (χ3n) is 3.79. The minimum atomic E-state index is -3.99. The molecule has 0 aromatic heterocycles. The number of rotatable bonds is 5. The van der Waals surface area contributed by atoms with Crippen molar-refractivity contribution in [2.75, 3.05) is 0 Å². The molecule has 1 N–H and O–H groups in total. The Labute approximate surface area is 146 Å². The van der Waals surface area contributed by atoms with Crippen LogP contribution in [-0.2, 0) is 10.0 Å². The summed E-state index contributed by atoms with van der Waals surface area (Å²) >= 11 is 0. The van der Waals surface area contributed by atoms with Crippen LogP contribution in [0.2, 0.25) is 0 Å². The van der Waals surface area contributed by atoms with Gasteiger partial charge in [0.15, 0.2) is 0 Å². The van der Waals surface area contributed by atoms with E-state index in [9.17, 15) is 18.5 Å². The van der Waals surface area contributed by atoms with Gasteiger partial charge >= 0.3 is 0 Å². The van der Waals surface area contributed by atoms with Crippen molar-refractivity contribution < 1.29 is 13.3 Å². The molecule has 0 fully saturated rings. The number of nitrogens with one attached hydrogen (secondary N) is 1. The molecule has 7 nitrogen and oxygen atoms in total. The second-order valence-electron chi connectivity index (χ2n) is 5.87. The molecule has 0 saturated carbocycles. The monoisotopic (exact) mass is 361 g/mol. The van der Waals surface area contributed by atoms with Gasteiger partial charge in [-0.05, 0) is 44.9 Å². The van der Waals surface area contributed by atoms with Crippen molar-refractivity contribution >= 4 is 21.9 Å². The van der Waals surface area contributed by atoms with Gasteiger partial charge in [0, 0.05) is 17.2 Å². The Morgan fingerprint density at radius 3 is 2.20 bits per heavy atom. The van der Waals surface area contributed by atoms with E-state index in [0.717, 1.165) is 28.3 Å². The van der Waals surface area contributed by atoms with E-state index in [1.807, 2.05) is 32.9 Å². The van der Waals surface area contributed by atoms with Crippen molar-refractivity contribution in [2.45, 2.75) is 32.6 Å². The SMILES string of the molecule is Cc1cc(C)c(/C=N\NS(=O)(=O)c2ccc(C)c([N+](=O)[O-])c2)c(C)c1. The van der Waals surface area contributed by atoms with Crippen molar-refractivity contribution in [3.05, 3.63) is 68.3 Å². The van der Waals surface area contributed by atoms with Crippen molar-refractivity contribution in [1.82, 2.24) is 4.83 Å². The molecule has 132 valence electrons. The third kappa shape index (κ3) is 4.21. The van der Waals surface area contributed by atoms with Crippen molar-refractivity contribution in [3.8, 4) is 0 Å². The van der Waals surface area contributed by atoms with Crippen LogP contribution in [0.5, 0.6) is 0 Å². The van der Waals surface area contributed by atoms with Gasteiger partial charge in [0.05, 0.1) is 16.0 Å². The number of nitro groups is 1. The maximum absolute atomic E-state index is 12.3. The summed E-state index contributed by atoms with van der Waals surface area (Å²) in [5, 5.41) is 14.8. The summed E-state index contributed by atoms with van der Waals surface area (Å²) < 4.78 is 24.6. The molecule has 25 heavy (non-hydrogen) atoms. The summed E-state index contributed by atoms with van der Waals surface area (Å²) in [7, 11) is -3.99. The number of nitro benzene ring substituents is 1. The van der Waals surface area contributed by atoms with E-state index >= 15 is 0 Å². The quantitative estimate of drug-likeness (QED) is 0.502. The first-order valence-corrected chi connectivity index (χ1v) is 8.98. The van der Waals surface area contributed by atoms with E-state index in [1.54, 1.807) is 6.92 Å². The normalized spacial score (nSPS) is 11.7. The largest absolute Gasteiger partial charge is 0.276 e. The number of hydrogen-bond acceptors (Lipinski definition) is 5. The molecule has 0 aliphatic carbocycles. The van der Waals surface area contributed by atoms with Crippen molar-refractivity contribution in [3.63, 3.8) is 0 Å². The van der Waals surface area contributed by atoms with Gasteiger partial charge in [-0.25, -0.2) is 4.83 Å². The first-order valence-electron chi connectivity index (χ1n) is 7.49. The van der Waals surface area contributed by atoms with Gasteiger partial charge in [0.2, 0.25) is 0 Å². The summed E-state index contributed by atoms with van der Waals surface area (Å²) in [6.45, 7) is 7.36. The molecular formula is C17H19N3O4S. The Balaban J connectivity index is 2.29. The predicted octanol–water partition coefficient (Wildman–Crippen LogP) is 3.14. The lowest BCUT2D eigenvalue weighted by Crippen LogP contribution is -2.18. The van der Waals surface area contributed by atoms with Gasteiger partial charge in [-0.15, -0.1) is 0 Å². The number of nitrogens with zero attached hydrogens (tertiary/aromatic N) is 2. The molecule has 0 atom stereocenters. The van der Waals surface area contributed by atoms with E-state index < -0.39 is 14.9 Å². The van der Waals surface area contributed by atoms with Gasteiger partial charge in [-0.1, -0.05) is 23.8 Å². The molecule has 0 amide bonds. The lowest BCUT2D eigenvalue weighted by molar-refractivity contribution is -0.385. The number of aryl methyl sites for hydroxylation is 4. The summed E-state index contributed by atoms with van der Waals surface area (Å²) in [5.41, 5.74) is 4.02. The molecular weight excluding hydrogens is 342 g/mol. The summed E-state index contributed by atoms with van der Waals surface area (Å²) in [6.07, 6.45) is 1.43. The van der Waals surface area contributed by atoms with Gasteiger partial charge in [0.1, 0.15) is 0 Å². The number of sulfonamides is 1. The zero-order valence-corrected chi connectivity index (χ0v) is 15.2. The minimum absolute atomic E-state index is 0.209. The Morgan fingerprint density at radius 2 is 1.64 bits per heavy atom. The second kappa shape index (κ2) is 7.02. The van der Waals surface area contributed by atoms with Crippen molar-refractivity contribution in [1.29, 1.82) is 0 Å². The van der Waals surface area contributed by atoms with Crippen LogP contribution in [0.25, 0.3) is 0 Å². The molecule has 0 spiro atoms. The first kappa shape index (κ1) is 18.6. The molecule has 2 rings (SSSR count). The molecule has 0 aliphatic heterocycles.